The second kappa shape index (κ2) is 13.3. The van der Waals surface area contributed by atoms with Gasteiger partial charge in [0.1, 0.15) is 11.2 Å². The molecule has 0 fully saturated rings. The van der Waals surface area contributed by atoms with Crippen LogP contribution < -0.4 is 4.90 Å². The molecule has 0 aliphatic heterocycles. The minimum absolute atomic E-state index is 0.476. The number of aryl methyl sites for hydroxylation is 2. The molecule has 0 saturated carbocycles. The Balaban J connectivity index is 1.14. The van der Waals surface area contributed by atoms with Crippen LogP contribution >= 0.6 is 0 Å². The molecule has 0 N–H and O–H groups in total. The normalized spacial score (nSPS) is 14.1. The molecule has 1 heterocycles. The van der Waals surface area contributed by atoms with Crippen molar-refractivity contribution >= 4 is 39.0 Å². The van der Waals surface area contributed by atoms with E-state index in [0.29, 0.717) is 0 Å². The van der Waals surface area contributed by atoms with E-state index in [1.807, 2.05) is 0 Å². The molecule has 13 rings (SSSR count). The van der Waals surface area contributed by atoms with Crippen LogP contribution in [-0.4, -0.2) is 0 Å². The number of hydrogen-bond donors (Lipinski definition) is 0. The molecule has 2 heteroatoms. The zero-order chi connectivity index (χ0) is 40.1. The fourth-order valence-corrected chi connectivity index (χ4v) is 11.2. The molecule has 0 radical (unpaired) electrons. The summed E-state index contributed by atoms with van der Waals surface area (Å²) in [5.74, 6) is 0. The maximum atomic E-state index is 6.42. The summed E-state index contributed by atoms with van der Waals surface area (Å²) in [6, 6.07) is 74.7. The standard InChI is InChI=1S/C59H41NO/c1-2-14-38(15-3-1)40-28-30-43(31-29-40)60(44-32-33-58-51(35-44)48-21-9-13-25-57(48)61-58)56-37-55-50(36-49(56)42-27-26-39-16-4-5-17-41(39)34-42)47-20-8-12-24-54(47)59(55)52-22-10-6-18-45(52)46-19-7-11-23-53(46)59/h1-3,6-15,18-37H,4-5,16-17H2. The second-order valence-electron chi connectivity index (χ2n) is 17.0. The summed E-state index contributed by atoms with van der Waals surface area (Å²) in [5, 5.41) is 2.23. The van der Waals surface area contributed by atoms with E-state index in [9.17, 15) is 0 Å². The molecule has 3 aliphatic rings. The SMILES string of the molecule is c1ccc(-c2ccc(N(c3ccc4oc5ccccc5c4c3)c3cc4c(cc3-c3ccc5c(c3)CCCC5)-c3ccccc3C43c4ccccc4-c4ccccc43)cc2)cc1. The Labute approximate surface area is 356 Å². The number of anilines is 3. The van der Waals surface area contributed by atoms with Gasteiger partial charge in [0, 0.05) is 27.7 Å². The third-order valence-corrected chi connectivity index (χ3v) is 13.9. The molecule has 1 aromatic heterocycles. The first kappa shape index (κ1) is 34.4. The Kier molecular flexibility index (Phi) is 7.51. The molecule has 10 aromatic rings. The molecule has 0 amide bonds. The summed E-state index contributed by atoms with van der Waals surface area (Å²) in [4.78, 5) is 2.51. The molecular weight excluding hydrogens is 739 g/mol. The lowest BCUT2D eigenvalue weighted by molar-refractivity contribution is 0.669. The fraction of sp³-hybridized carbons (Fsp3) is 0.0847. The minimum Gasteiger partial charge on any atom is -0.456 e. The van der Waals surface area contributed by atoms with Crippen molar-refractivity contribution in [2.75, 3.05) is 4.90 Å². The highest BCUT2D eigenvalue weighted by Gasteiger charge is 2.52. The van der Waals surface area contributed by atoms with Gasteiger partial charge in [0.25, 0.3) is 0 Å². The molecular formula is C59H41NO. The average molecular weight is 780 g/mol. The van der Waals surface area contributed by atoms with Gasteiger partial charge in [0.2, 0.25) is 0 Å². The largest absolute Gasteiger partial charge is 0.456 e. The highest BCUT2D eigenvalue weighted by Crippen LogP contribution is 2.64. The Morgan fingerprint density at radius 1 is 0.361 bits per heavy atom. The van der Waals surface area contributed by atoms with Crippen molar-refractivity contribution < 1.29 is 4.42 Å². The first-order valence-electron chi connectivity index (χ1n) is 21.7. The van der Waals surface area contributed by atoms with Gasteiger partial charge >= 0.3 is 0 Å². The maximum Gasteiger partial charge on any atom is 0.135 e. The van der Waals surface area contributed by atoms with Crippen LogP contribution in [0.5, 0.6) is 0 Å². The molecule has 0 atom stereocenters. The van der Waals surface area contributed by atoms with Crippen LogP contribution in [0.1, 0.15) is 46.2 Å². The van der Waals surface area contributed by atoms with E-state index < -0.39 is 5.41 Å². The van der Waals surface area contributed by atoms with Gasteiger partial charge in [-0.25, -0.2) is 0 Å². The van der Waals surface area contributed by atoms with Crippen LogP contribution in [0.25, 0.3) is 66.4 Å². The monoisotopic (exact) mass is 779 g/mol. The summed E-state index contributed by atoms with van der Waals surface area (Å²) in [6.07, 6.45) is 4.77. The van der Waals surface area contributed by atoms with Crippen molar-refractivity contribution in [2.45, 2.75) is 31.1 Å². The van der Waals surface area contributed by atoms with Gasteiger partial charge in [-0.2, -0.15) is 0 Å². The Morgan fingerprint density at radius 3 is 1.67 bits per heavy atom. The van der Waals surface area contributed by atoms with E-state index in [2.05, 4.69) is 205 Å². The van der Waals surface area contributed by atoms with Crippen LogP contribution in [-0.2, 0) is 18.3 Å². The quantitative estimate of drug-likeness (QED) is 0.173. The molecule has 1 spiro atoms. The summed E-state index contributed by atoms with van der Waals surface area (Å²) in [5.41, 5.74) is 23.1. The number of furan rings is 1. The van der Waals surface area contributed by atoms with Crippen molar-refractivity contribution in [3.8, 4) is 44.5 Å². The lowest BCUT2D eigenvalue weighted by Crippen LogP contribution is -2.26. The lowest BCUT2D eigenvalue weighted by atomic mass is 9.70. The zero-order valence-corrected chi connectivity index (χ0v) is 33.7. The van der Waals surface area contributed by atoms with Gasteiger partial charge in [-0.3, -0.25) is 0 Å². The molecule has 2 nitrogen and oxygen atoms in total. The van der Waals surface area contributed by atoms with Crippen molar-refractivity contribution in [2.24, 2.45) is 0 Å². The number of para-hydroxylation sites is 1. The molecule has 61 heavy (non-hydrogen) atoms. The first-order chi connectivity index (χ1) is 30.2. The van der Waals surface area contributed by atoms with Gasteiger partial charge in [0.15, 0.2) is 0 Å². The number of rotatable bonds is 5. The van der Waals surface area contributed by atoms with E-state index in [-0.39, 0.29) is 0 Å². The summed E-state index contributed by atoms with van der Waals surface area (Å²) in [7, 11) is 0. The number of hydrogen-bond acceptors (Lipinski definition) is 2. The third kappa shape index (κ3) is 5.03. The number of fused-ring (bicyclic) bond motifs is 14. The van der Waals surface area contributed by atoms with Crippen molar-refractivity contribution in [3.05, 3.63) is 234 Å². The Morgan fingerprint density at radius 2 is 0.934 bits per heavy atom. The average Bonchev–Trinajstić information content (AvgIpc) is 3.95. The first-order valence-corrected chi connectivity index (χ1v) is 21.7. The third-order valence-electron chi connectivity index (χ3n) is 13.9. The van der Waals surface area contributed by atoms with E-state index >= 15 is 0 Å². The van der Waals surface area contributed by atoms with Gasteiger partial charge in [0.05, 0.1) is 11.1 Å². The van der Waals surface area contributed by atoms with E-state index in [1.165, 1.54) is 90.7 Å². The van der Waals surface area contributed by atoms with Gasteiger partial charge < -0.3 is 9.32 Å². The zero-order valence-electron chi connectivity index (χ0n) is 33.7. The predicted octanol–water partition coefficient (Wildman–Crippen LogP) is 15.6. The predicted molar refractivity (Wildman–Crippen MR) is 252 cm³/mol. The van der Waals surface area contributed by atoms with Crippen LogP contribution in [0, 0.1) is 0 Å². The summed E-state index contributed by atoms with van der Waals surface area (Å²) in [6.45, 7) is 0. The second-order valence-corrected chi connectivity index (χ2v) is 17.0. The van der Waals surface area contributed by atoms with Crippen LogP contribution in [0.15, 0.2) is 205 Å². The molecule has 9 aromatic carbocycles. The van der Waals surface area contributed by atoms with Gasteiger partial charge in [-0.1, -0.05) is 152 Å². The molecule has 0 bridgehead atoms. The van der Waals surface area contributed by atoms with E-state index in [4.69, 9.17) is 4.42 Å². The highest BCUT2D eigenvalue weighted by molar-refractivity contribution is 6.07. The van der Waals surface area contributed by atoms with E-state index in [0.717, 1.165) is 51.8 Å². The van der Waals surface area contributed by atoms with Crippen LogP contribution in [0.3, 0.4) is 0 Å². The van der Waals surface area contributed by atoms with Crippen LogP contribution in [0.2, 0.25) is 0 Å². The number of benzene rings is 9. The topological polar surface area (TPSA) is 16.4 Å². The molecule has 3 aliphatic carbocycles. The highest BCUT2D eigenvalue weighted by atomic mass is 16.3. The molecule has 0 saturated heterocycles. The Hall–Kier alpha value is -7.42. The Bertz CT molecular complexity index is 3330. The lowest BCUT2D eigenvalue weighted by Gasteiger charge is -2.33. The van der Waals surface area contributed by atoms with Crippen molar-refractivity contribution in [1.82, 2.24) is 0 Å². The maximum absolute atomic E-state index is 6.42. The number of nitrogens with zero attached hydrogens (tertiary/aromatic N) is 1. The summed E-state index contributed by atoms with van der Waals surface area (Å²) >= 11 is 0. The van der Waals surface area contributed by atoms with Gasteiger partial charge in [-0.15, -0.1) is 0 Å². The van der Waals surface area contributed by atoms with Crippen molar-refractivity contribution in [3.63, 3.8) is 0 Å². The summed E-state index contributed by atoms with van der Waals surface area (Å²) < 4.78 is 6.42. The molecule has 0 unspecified atom stereocenters. The fourth-order valence-electron chi connectivity index (χ4n) is 11.2. The van der Waals surface area contributed by atoms with Gasteiger partial charge in [-0.05, 0) is 147 Å². The minimum atomic E-state index is -0.476. The molecule has 288 valence electrons. The van der Waals surface area contributed by atoms with E-state index in [1.54, 1.807) is 0 Å². The smallest absolute Gasteiger partial charge is 0.135 e. The van der Waals surface area contributed by atoms with Crippen LogP contribution in [0.4, 0.5) is 17.1 Å². The van der Waals surface area contributed by atoms with Crippen molar-refractivity contribution in [1.29, 1.82) is 0 Å².